The Kier molecular flexibility index (Phi) is 14.1. The number of carbonyl (C=O) groups is 3. The second-order valence-corrected chi connectivity index (χ2v) is 17.4. The minimum Gasteiger partial charge on any atom is -0.481 e. The summed E-state index contributed by atoms with van der Waals surface area (Å²) in [6.07, 6.45) is 10.5. The summed E-state index contributed by atoms with van der Waals surface area (Å²) < 4.78 is 20.9. The lowest BCUT2D eigenvalue weighted by Crippen LogP contribution is -2.56. The van der Waals surface area contributed by atoms with Gasteiger partial charge in [-0.2, -0.15) is 0 Å². The summed E-state index contributed by atoms with van der Waals surface area (Å²) in [7, 11) is 0. The van der Waals surface area contributed by atoms with Crippen LogP contribution in [-0.4, -0.2) is 89.9 Å². The molecule has 6 rings (SSSR count). The molecule has 1 aromatic carbocycles. The molecular weight excluding hydrogens is 752 g/mol. The van der Waals surface area contributed by atoms with Crippen LogP contribution in [0.1, 0.15) is 97.8 Å². The lowest BCUT2D eigenvalue weighted by molar-refractivity contribution is -0.383. The SMILES string of the molecule is CC(CCC(=O)OCCOCCOCCN=[N+]=[N-])C1CCC2C3CC[C@@H]4C[C@H](NC(=O)[C@H](CC(=O)O)Nc5ccc([N+](=O)[O-])c6nonc56)CC[C@]4(C)C3CC[C@]12C. The molecule has 4 aliphatic rings. The van der Waals surface area contributed by atoms with Gasteiger partial charge in [0.05, 0.1) is 43.5 Å². The Bertz CT molecular complexity index is 1840. The van der Waals surface area contributed by atoms with Crippen molar-refractivity contribution in [2.75, 3.05) is 44.9 Å². The molecule has 1 amide bonds. The molecular formula is C40H58N8O10. The fourth-order valence-corrected chi connectivity index (χ4v) is 11.7. The minimum absolute atomic E-state index is 0.0493. The van der Waals surface area contributed by atoms with Gasteiger partial charge in [0.2, 0.25) is 11.4 Å². The van der Waals surface area contributed by atoms with Crippen molar-refractivity contribution in [3.63, 3.8) is 0 Å². The monoisotopic (exact) mass is 810 g/mol. The number of carboxylic acid groups (broad SMARTS) is 1. The van der Waals surface area contributed by atoms with Gasteiger partial charge in [-0.3, -0.25) is 24.5 Å². The topological polar surface area (TPSA) is 254 Å². The van der Waals surface area contributed by atoms with Gasteiger partial charge >= 0.3 is 17.6 Å². The standard InChI is InChI=1S/C40H58N8O10/c1-24(4-11-35(51)57-21-20-56-19-18-55-17-16-42-47-41)28-7-8-29-27-6-5-25-22-26(12-14-39(25,2)30(27)13-15-40(28,29)3)43-38(52)32(23-34(49)50)44-31-9-10-33(48(53)54)37-36(31)45-58-46-37/h9-10,24-30,32,44H,4-8,11-23H2,1-3H3,(H,43,52)(H,49,50)/t24?,25-,26-,27?,28?,29?,30?,32+,39+,40-/m1/s1. The Hall–Kier alpha value is -4.54. The molecule has 3 N–H and O–H groups in total. The number of esters is 1. The molecule has 18 nitrogen and oxygen atoms in total. The number of hydrogen-bond acceptors (Lipinski definition) is 13. The number of hydrogen-bond donors (Lipinski definition) is 3. The molecule has 5 unspecified atom stereocenters. The number of amides is 1. The molecule has 0 aliphatic heterocycles. The highest BCUT2D eigenvalue weighted by Gasteiger charge is 2.60. The molecule has 10 atom stereocenters. The Morgan fingerprint density at radius 2 is 1.74 bits per heavy atom. The third-order valence-electron chi connectivity index (χ3n) is 14.5. The largest absolute Gasteiger partial charge is 0.481 e. The van der Waals surface area contributed by atoms with E-state index in [1.807, 2.05) is 0 Å². The molecule has 2 aromatic rings. The van der Waals surface area contributed by atoms with E-state index in [0.717, 1.165) is 32.1 Å². The number of carboxylic acids is 1. The molecule has 18 heteroatoms. The van der Waals surface area contributed by atoms with E-state index in [-0.39, 0.29) is 58.4 Å². The first kappa shape index (κ1) is 43.0. The molecule has 58 heavy (non-hydrogen) atoms. The number of nitrogens with zero attached hydrogens (tertiary/aromatic N) is 6. The van der Waals surface area contributed by atoms with Crippen molar-refractivity contribution >= 4 is 40.3 Å². The van der Waals surface area contributed by atoms with Crippen LogP contribution >= 0.6 is 0 Å². The summed E-state index contributed by atoms with van der Waals surface area (Å²) >= 11 is 0. The van der Waals surface area contributed by atoms with Crippen molar-refractivity contribution in [1.82, 2.24) is 15.6 Å². The number of benzene rings is 1. The average Bonchev–Trinajstić information content (AvgIpc) is 3.83. The fraction of sp³-hybridized carbons (Fsp3) is 0.775. The second-order valence-electron chi connectivity index (χ2n) is 17.4. The van der Waals surface area contributed by atoms with Gasteiger partial charge in [0.15, 0.2) is 5.52 Å². The van der Waals surface area contributed by atoms with Gasteiger partial charge in [-0.15, -0.1) is 0 Å². The van der Waals surface area contributed by atoms with Gasteiger partial charge < -0.3 is 30.0 Å². The van der Waals surface area contributed by atoms with Gasteiger partial charge in [0.25, 0.3) is 0 Å². The number of carbonyl (C=O) groups excluding carboxylic acids is 2. The molecule has 0 saturated heterocycles. The summed E-state index contributed by atoms with van der Waals surface area (Å²) in [5.41, 5.74) is 8.58. The molecule has 4 fully saturated rings. The predicted octanol–water partition coefficient (Wildman–Crippen LogP) is 6.83. The lowest BCUT2D eigenvalue weighted by atomic mass is 9.44. The van der Waals surface area contributed by atoms with Gasteiger partial charge in [0, 0.05) is 30.0 Å². The zero-order chi connectivity index (χ0) is 41.5. The molecule has 1 aromatic heterocycles. The number of nitro benzene ring substituents is 1. The van der Waals surface area contributed by atoms with Crippen LogP contribution in [0, 0.1) is 56.5 Å². The molecule has 4 aliphatic carbocycles. The van der Waals surface area contributed by atoms with Crippen LogP contribution in [0.15, 0.2) is 21.9 Å². The Balaban J connectivity index is 0.977. The maximum atomic E-state index is 13.7. The van der Waals surface area contributed by atoms with E-state index < -0.39 is 29.3 Å². The zero-order valence-electron chi connectivity index (χ0n) is 33.8. The number of non-ortho nitro benzene ring substituents is 1. The average molecular weight is 811 g/mol. The van der Waals surface area contributed by atoms with Crippen LogP contribution in [0.25, 0.3) is 21.5 Å². The van der Waals surface area contributed by atoms with E-state index in [1.165, 1.54) is 44.2 Å². The number of azide groups is 1. The van der Waals surface area contributed by atoms with E-state index in [2.05, 4.69) is 51.7 Å². The Morgan fingerprint density at radius 1 is 1.02 bits per heavy atom. The highest BCUT2D eigenvalue weighted by atomic mass is 16.6. The van der Waals surface area contributed by atoms with Crippen molar-refractivity contribution in [2.45, 2.75) is 110 Å². The van der Waals surface area contributed by atoms with Crippen LogP contribution in [0.3, 0.4) is 0 Å². The van der Waals surface area contributed by atoms with Crippen LogP contribution in [0.2, 0.25) is 0 Å². The van der Waals surface area contributed by atoms with E-state index in [0.29, 0.717) is 68.4 Å². The fourth-order valence-electron chi connectivity index (χ4n) is 11.7. The number of ether oxygens (including phenoxy) is 3. The highest BCUT2D eigenvalue weighted by molar-refractivity contribution is 5.96. The predicted molar refractivity (Wildman–Crippen MR) is 210 cm³/mol. The Labute approximate surface area is 337 Å². The first-order valence-corrected chi connectivity index (χ1v) is 20.9. The molecule has 0 radical (unpaired) electrons. The number of nitrogens with one attached hydrogen (secondary N) is 2. The third-order valence-corrected chi connectivity index (χ3v) is 14.5. The normalized spacial score (nSPS) is 29.8. The van der Waals surface area contributed by atoms with Crippen molar-refractivity contribution in [3.8, 4) is 0 Å². The maximum absolute atomic E-state index is 13.7. The van der Waals surface area contributed by atoms with Gasteiger partial charge in [-0.05, 0) is 132 Å². The van der Waals surface area contributed by atoms with Gasteiger partial charge in [-0.25, -0.2) is 4.63 Å². The summed E-state index contributed by atoms with van der Waals surface area (Å²) in [6, 6.07) is 1.39. The summed E-state index contributed by atoms with van der Waals surface area (Å²) in [4.78, 5) is 51.6. The van der Waals surface area contributed by atoms with Crippen LogP contribution in [0.4, 0.5) is 11.4 Å². The van der Waals surface area contributed by atoms with E-state index in [4.69, 9.17) is 24.4 Å². The summed E-state index contributed by atoms with van der Waals surface area (Å²) in [5, 5.41) is 38.0. The minimum atomic E-state index is -1.16. The number of rotatable bonds is 20. The maximum Gasteiger partial charge on any atom is 0.305 e. The highest BCUT2D eigenvalue weighted by Crippen LogP contribution is 2.68. The quantitative estimate of drug-likeness (QED) is 0.0236. The first-order valence-electron chi connectivity index (χ1n) is 20.9. The van der Waals surface area contributed by atoms with Crippen molar-refractivity contribution < 1.29 is 43.3 Å². The molecule has 0 spiro atoms. The van der Waals surface area contributed by atoms with Gasteiger partial charge in [-0.1, -0.05) is 25.9 Å². The number of aliphatic carboxylic acids is 1. The number of fused-ring (bicyclic) bond motifs is 6. The molecule has 1 heterocycles. The van der Waals surface area contributed by atoms with Crippen LogP contribution in [-0.2, 0) is 28.6 Å². The van der Waals surface area contributed by atoms with E-state index in [1.54, 1.807) is 0 Å². The third kappa shape index (κ3) is 9.50. The smallest absolute Gasteiger partial charge is 0.305 e. The molecule has 0 bridgehead atoms. The van der Waals surface area contributed by atoms with Gasteiger partial charge in [0.1, 0.15) is 12.6 Å². The van der Waals surface area contributed by atoms with E-state index >= 15 is 0 Å². The summed E-state index contributed by atoms with van der Waals surface area (Å²) in [5.74, 6) is 1.61. The van der Waals surface area contributed by atoms with Crippen LogP contribution < -0.4 is 10.6 Å². The van der Waals surface area contributed by atoms with Crippen molar-refractivity contribution in [1.29, 1.82) is 0 Å². The number of aromatic nitrogens is 2. The number of nitro groups is 1. The van der Waals surface area contributed by atoms with Crippen molar-refractivity contribution in [3.05, 3.63) is 32.7 Å². The lowest BCUT2D eigenvalue weighted by Gasteiger charge is -2.61. The summed E-state index contributed by atoms with van der Waals surface area (Å²) in [6.45, 7) is 9.21. The molecule has 4 saturated carbocycles. The van der Waals surface area contributed by atoms with E-state index in [9.17, 15) is 29.6 Å². The van der Waals surface area contributed by atoms with Crippen molar-refractivity contribution in [2.24, 2.45) is 51.5 Å². The first-order chi connectivity index (χ1) is 27.9. The van der Waals surface area contributed by atoms with Crippen LogP contribution in [0.5, 0.6) is 0 Å². The number of anilines is 1. The second kappa shape index (κ2) is 19.0. The zero-order valence-corrected chi connectivity index (χ0v) is 33.8. The Morgan fingerprint density at radius 3 is 2.50 bits per heavy atom. The molecule has 318 valence electrons.